The van der Waals surface area contributed by atoms with E-state index in [0.717, 1.165) is 45.5 Å². The molecule has 180 valence electrons. The molecule has 5 rings (SSSR count). The van der Waals surface area contributed by atoms with Crippen LogP contribution < -0.4 is 4.74 Å². The van der Waals surface area contributed by atoms with Gasteiger partial charge in [0.05, 0.1) is 6.04 Å². The van der Waals surface area contributed by atoms with Gasteiger partial charge in [-0.1, -0.05) is 54.6 Å². The van der Waals surface area contributed by atoms with Gasteiger partial charge in [-0.15, -0.1) is 11.8 Å². The minimum atomic E-state index is -1.33. The Morgan fingerprint density at radius 2 is 1.74 bits per heavy atom. The first kappa shape index (κ1) is 23.6. The quantitative estimate of drug-likeness (QED) is 0.335. The molecule has 1 atom stereocenters. The molecule has 35 heavy (non-hydrogen) atoms. The van der Waals surface area contributed by atoms with Crippen molar-refractivity contribution >= 4 is 11.8 Å². The van der Waals surface area contributed by atoms with Crippen LogP contribution in [0.15, 0.2) is 83.3 Å². The Labute approximate surface area is 209 Å². The van der Waals surface area contributed by atoms with Crippen molar-refractivity contribution in [3.8, 4) is 28.3 Å². The van der Waals surface area contributed by atoms with Crippen LogP contribution in [0, 0.1) is 6.92 Å². The van der Waals surface area contributed by atoms with Crippen LogP contribution in [0.3, 0.4) is 0 Å². The number of benzene rings is 3. The summed E-state index contributed by atoms with van der Waals surface area (Å²) in [6.07, 6.45) is -1.33. The normalized spacial score (nSPS) is 16.2. The van der Waals surface area contributed by atoms with E-state index < -0.39 is 6.29 Å². The molecule has 6 nitrogen and oxygen atoms in total. The lowest BCUT2D eigenvalue weighted by atomic mass is 10.0. The number of thioether (sulfide) groups is 1. The van der Waals surface area contributed by atoms with Gasteiger partial charge in [-0.05, 0) is 47.9 Å². The van der Waals surface area contributed by atoms with Gasteiger partial charge < -0.3 is 19.4 Å². The smallest absolute Gasteiger partial charge is 0.226 e. The van der Waals surface area contributed by atoms with Gasteiger partial charge in [0.25, 0.3) is 0 Å². The van der Waals surface area contributed by atoms with Gasteiger partial charge in [0.15, 0.2) is 6.29 Å². The van der Waals surface area contributed by atoms with Gasteiger partial charge in [-0.2, -0.15) is 0 Å². The Morgan fingerprint density at radius 3 is 2.51 bits per heavy atom. The Kier molecular flexibility index (Phi) is 7.20. The van der Waals surface area contributed by atoms with Crippen molar-refractivity contribution in [1.29, 1.82) is 0 Å². The van der Waals surface area contributed by atoms with Crippen molar-refractivity contribution < 1.29 is 19.4 Å². The summed E-state index contributed by atoms with van der Waals surface area (Å²) < 4.78 is 12.0. The van der Waals surface area contributed by atoms with Crippen LogP contribution in [0.4, 0.5) is 0 Å². The van der Waals surface area contributed by atoms with E-state index >= 15 is 0 Å². The molecule has 1 aliphatic rings. The monoisotopic (exact) mass is 488 g/mol. The molecule has 0 amide bonds. The molecular formula is C28H28N2O4S. The molecule has 1 aliphatic heterocycles. The number of aromatic nitrogens is 1. The fraction of sp³-hybridized carbons (Fsp3) is 0.250. The van der Waals surface area contributed by atoms with Gasteiger partial charge in [0.1, 0.15) is 23.8 Å². The molecule has 3 aromatic carbocycles. The highest BCUT2D eigenvalue weighted by atomic mass is 32.2. The molecule has 7 heteroatoms. The van der Waals surface area contributed by atoms with E-state index in [1.165, 1.54) is 5.56 Å². The Balaban J connectivity index is 1.23. The van der Waals surface area contributed by atoms with E-state index in [1.54, 1.807) is 11.8 Å². The van der Waals surface area contributed by atoms with E-state index in [0.29, 0.717) is 19.0 Å². The van der Waals surface area contributed by atoms with Crippen molar-refractivity contribution in [1.82, 2.24) is 9.88 Å². The summed E-state index contributed by atoms with van der Waals surface area (Å²) >= 11 is 1.71. The summed E-state index contributed by atoms with van der Waals surface area (Å²) in [5.74, 6) is 3.55. The number of ether oxygens (including phenoxy) is 1. The summed E-state index contributed by atoms with van der Waals surface area (Å²) in [7, 11) is 0. The van der Waals surface area contributed by atoms with Crippen LogP contribution in [-0.4, -0.2) is 44.1 Å². The zero-order valence-electron chi connectivity index (χ0n) is 19.5. The van der Waals surface area contributed by atoms with Crippen LogP contribution in [0.25, 0.3) is 22.6 Å². The van der Waals surface area contributed by atoms with Gasteiger partial charge in [-0.3, -0.25) is 4.90 Å². The van der Waals surface area contributed by atoms with Crippen LogP contribution in [0.5, 0.6) is 5.75 Å². The Bertz CT molecular complexity index is 1260. The van der Waals surface area contributed by atoms with Crippen LogP contribution in [0.1, 0.15) is 17.0 Å². The number of aliphatic hydroxyl groups excluding tert-OH is 1. The lowest BCUT2D eigenvalue weighted by Gasteiger charge is -2.24. The number of nitrogens with zero attached hydrogens (tertiary/aromatic N) is 2. The maximum absolute atomic E-state index is 9.60. The van der Waals surface area contributed by atoms with E-state index in [9.17, 15) is 10.2 Å². The number of aliphatic hydroxyl groups is 2. The number of oxazole rings is 1. The van der Waals surface area contributed by atoms with Gasteiger partial charge >= 0.3 is 0 Å². The molecule has 1 saturated heterocycles. The standard InChI is InChI=1S/C28H28N2O4S/c1-19-25(29-27(34-19)23-12-10-22(11-13-23)21-7-3-2-4-8-21)16-33-24-9-5-6-20(14-24)15-30-18-35-17-26(30)28(31)32/h2-14,26,28,31-32H,15-18H2,1H3. The average Bonchev–Trinajstić information content (AvgIpc) is 3.50. The highest BCUT2D eigenvalue weighted by Gasteiger charge is 2.30. The molecule has 0 spiro atoms. The van der Waals surface area contributed by atoms with Crippen LogP contribution in [-0.2, 0) is 13.2 Å². The zero-order valence-corrected chi connectivity index (χ0v) is 20.3. The summed E-state index contributed by atoms with van der Waals surface area (Å²) in [6, 6.07) is 26.1. The predicted octanol–water partition coefficient (Wildman–Crippen LogP) is 5.08. The SMILES string of the molecule is Cc1oc(-c2ccc(-c3ccccc3)cc2)nc1COc1cccc(CN2CSCC2C(O)O)c1. The lowest BCUT2D eigenvalue weighted by molar-refractivity contribution is -0.0882. The molecule has 1 fully saturated rings. The fourth-order valence-electron chi connectivity index (χ4n) is 4.17. The second-order valence-corrected chi connectivity index (χ2v) is 9.63. The van der Waals surface area contributed by atoms with Gasteiger partial charge in [0.2, 0.25) is 5.89 Å². The maximum Gasteiger partial charge on any atom is 0.226 e. The molecule has 1 unspecified atom stereocenters. The van der Waals surface area contributed by atoms with Crippen LogP contribution in [0.2, 0.25) is 0 Å². The molecule has 0 aliphatic carbocycles. The third-order valence-corrected chi connectivity index (χ3v) is 7.24. The topological polar surface area (TPSA) is 79.0 Å². The Morgan fingerprint density at radius 1 is 1.00 bits per heavy atom. The van der Waals surface area contributed by atoms with Crippen molar-refractivity contribution in [2.45, 2.75) is 32.4 Å². The van der Waals surface area contributed by atoms with E-state index in [4.69, 9.17) is 9.15 Å². The largest absolute Gasteiger partial charge is 0.487 e. The molecule has 2 heterocycles. The molecule has 4 aromatic rings. The van der Waals surface area contributed by atoms with E-state index in [1.807, 2.05) is 61.5 Å². The first-order chi connectivity index (χ1) is 17.1. The third-order valence-electron chi connectivity index (χ3n) is 6.15. The molecule has 0 bridgehead atoms. The first-order valence-electron chi connectivity index (χ1n) is 11.6. The average molecular weight is 489 g/mol. The molecular weight excluding hydrogens is 460 g/mol. The van der Waals surface area contributed by atoms with Gasteiger partial charge in [-0.25, -0.2) is 4.98 Å². The predicted molar refractivity (Wildman–Crippen MR) is 138 cm³/mol. The fourth-order valence-corrected chi connectivity index (χ4v) is 5.42. The second-order valence-electron chi connectivity index (χ2n) is 8.63. The van der Waals surface area contributed by atoms with Crippen molar-refractivity contribution in [2.75, 3.05) is 11.6 Å². The summed E-state index contributed by atoms with van der Waals surface area (Å²) in [6.45, 7) is 2.84. The Hall–Kier alpha value is -3.10. The molecule has 0 saturated carbocycles. The second kappa shape index (κ2) is 10.7. The summed E-state index contributed by atoms with van der Waals surface area (Å²) in [5, 5.41) is 19.2. The molecule has 0 radical (unpaired) electrons. The minimum Gasteiger partial charge on any atom is -0.487 e. The number of hydrogen-bond acceptors (Lipinski definition) is 7. The first-order valence-corrected chi connectivity index (χ1v) is 12.7. The highest BCUT2D eigenvalue weighted by molar-refractivity contribution is 7.99. The minimum absolute atomic E-state index is 0.248. The summed E-state index contributed by atoms with van der Waals surface area (Å²) in [4.78, 5) is 6.75. The molecule has 1 aromatic heterocycles. The zero-order chi connectivity index (χ0) is 24.2. The van der Waals surface area contributed by atoms with Crippen LogP contribution >= 0.6 is 11.8 Å². The van der Waals surface area contributed by atoms with Crippen molar-refractivity contribution in [2.24, 2.45) is 0 Å². The molecule has 2 N–H and O–H groups in total. The maximum atomic E-state index is 9.60. The highest BCUT2D eigenvalue weighted by Crippen LogP contribution is 2.28. The third kappa shape index (κ3) is 5.60. The van der Waals surface area contributed by atoms with Crippen molar-refractivity contribution in [3.05, 3.63) is 95.9 Å². The lowest BCUT2D eigenvalue weighted by Crippen LogP contribution is -2.40. The summed E-state index contributed by atoms with van der Waals surface area (Å²) in [5.41, 5.74) is 5.06. The van der Waals surface area contributed by atoms with E-state index in [-0.39, 0.29) is 6.04 Å². The van der Waals surface area contributed by atoms with Crippen molar-refractivity contribution in [3.63, 3.8) is 0 Å². The van der Waals surface area contributed by atoms with Gasteiger partial charge in [0, 0.05) is 23.7 Å². The van der Waals surface area contributed by atoms with E-state index in [2.05, 4.69) is 34.1 Å². The number of aryl methyl sites for hydroxylation is 1. The number of rotatable bonds is 8. The number of hydrogen-bond donors (Lipinski definition) is 2.